The summed E-state index contributed by atoms with van der Waals surface area (Å²) in [5.41, 5.74) is 1.74. The SMILES string of the molecule is C=CCN(CC=C)C(CNC(=NCc1ccc(C(=O)N(C)C)cc1)NCC)C(C)C. The number of carbonyl (C=O) groups is 1. The molecule has 0 aliphatic carbocycles. The maximum Gasteiger partial charge on any atom is 0.253 e. The van der Waals surface area contributed by atoms with Crippen LogP contribution >= 0.6 is 0 Å². The smallest absolute Gasteiger partial charge is 0.253 e. The molecule has 0 aliphatic rings. The number of benzene rings is 1. The molecule has 1 aromatic rings. The molecule has 0 fully saturated rings. The minimum absolute atomic E-state index is 0.00314. The third-order valence-corrected chi connectivity index (χ3v) is 4.82. The molecule has 0 saturated heterocycles. The van der Waals surface area contributed by atoms with Crippen molar-refractivity contribution < 1.29 is 4.79 Å². The van der Waals surface area contributed by atoms with Gasteiger partial charge in [0, 0.05) is 51.9 Å². The fourth-order valence-corrected chi connectivity index (χ4v) is 3.19. The van der Waals surface area contributed by atoms with Crippen molar-refractivity contribution in [3.63, 3.8) is 0 Å². The van der Waals surface area contributed by atoms with Gasteiger partial charge < -0.3 is 15.5 Å². The Kier molecular flexibility index (Phi) is 11.5. The maximum absolute atomic E-state index is 12.0. The molecular formula is C24H39N5O. The second-order valence-electron chi connectivity index (χ2n) is 7.82. The van der Waals surface area contributed by atoms with Crippen molar-refractivity contribution >= 4 is 11.9 Å². The van der Waals surface area contributed by atoms with E-state index in [1.165, 1.54) is 0 Å². The van der Waals surface area contributed by atoms with Crippen molar-refractivity contribution in [2.24, 2.45) is 10.9 Å². The van der Waals surface area contributed by atoms with E-state index in [0.29, 0.717) is 24.1 Å². The number of hydrogen-bond acceptors (Lipinski definition) is 3. The third kappa shape index (κ3) is 8.41. The van der Waals surface area contributed by atoms with Crippen molar-refractivity contribution in [2.45, 2.75) is 33.4 Å². The summed E-state index contributed by atoms with van der Waals surface area (Å²) in [4.78, 5) is 20.7. The quantitative estimate of drug-likeness (QED) is 0.314. The van der Waals surface area contributed by atoms with Crippen LogP contribution in [-0.4, -0.2) is 68.0 Å². The molecule has 0 saturated carbocycles. The topological polar surface area (TPSA) is 60.0 Å². The number of rotatable bonds is 12. The lowest BCUT2D eigenvalue weighted by Gasteiger charge is -2.33. The number of nitrogens with zero attached hydrogens (tertiary/aromatic N) is 3. The van der Waals surface area contributed by atoms with Crippen LogP contribution in [0.1, 0.15) is 36.7 Å². The van der Waals surface area contributed by atoms with Crippen LogP contribution in [0.3, 0.4) is 0 Å². The molecular weight excluding hydrogens is 374 g/mol. The fourth-order valence-electron chi connectivity index (χ4n) is 3.19. The Bertz CT molecular complexity index is 684. The van der Waals surface area contributed by atoms with Crippen molar-refractivity contribution in [2.75, 3.05) is 40.3 Å². The highest BCUT2D eigenvalue weighted by Gasteiger charge is 2.20. The van der Waals surface area contributed by atoms with E-state index >= 15 is 0 Å². The summed E-state index contributed by atoms with van der Waals surface area (Å²) in [6.07, 6.45) is 3.87. The molecule has 0 bridgehead atoms. The molecule has 0 heterocycles. The van der Waals surface area contributed by atoms with E-state index in [2.05, 4.69) is 49.5 Å². The number of carbonyl (C=O) groups excluding carboxylic acids is 1. The summed E-state index contributed by atoms with van der Waals surface area (Å²) in [6, 6.07) is 7.95. The van der Waals surface area contributed by atoms with Crippen molar-refractivity contribution in [1.82, 2.24) is 20.4 Å². The first-order valence-corrected chi connectivity index (χ1v) is 10.6. The minimum Gasteiger partial charge on any atom is -0.357 e. The van der Waals surface area contributed by atoms with Gasteiger partial charge in [-0.25, -0.2) is 4.99 Å². The van der Waals surface area contributed by atoms with E-state index in [0.717, 1.165) is 37.7 Å². The Balaban J connectivity index is 2.82. The minimum atomic E-state index is 0.00314. The first-order valence-electron chi connectivity index (χ1n) is 10.6. The molecule has 1 rings (SSSR count). The average Bonchev–Trinajstić information content (AvgIpc) is 2.71. The zero-order valence-corrected chi connectivity index (χ0v) is 19.3. The first kappa shape index (κ1) is 25.4. The van der Waals surface area contributed by atoms with Crippen LogP contribution in [0.4, 0.5) is 0 Å². The normalized spacial score (nSPS) is 12.6. The van der Waals surface area contributed by atoms with Gasteiger partial charge in [0.1, 0.15) is 0 Å². The van der Waals surface area contributed by atoms with Crippen molar-refractivity contribution in [3.8, 4) is 0 Å². The first-order chi connectivity index (χ1) is 14.3. The lowest BCUT2D eigenvalue weighted by atomic mass is 10.0. The van der Waals surface area contributed by atoms with Gasteiger partial charge in [-0.3, -0.25) is 9.69 Å². The van der Waals surface area contributed by atoms with Gasteiger partial charge in [0.25, 0.3) is 5.91 Å². The highest BCUT2D eigenvalue weighted by atomic mass is 16.2. The largest absolute Gasteiger partial charge is 0.357 e. The molecule has 30 heavy (non-hydrogen) atoms. The number of amides is 1. The highest BCUT2D eigenvalue weighted by molar-refractivity contribution is 5.93. The van der Waals surface area contributed by atoms with Crippen molar-refractivity contribution in [1.29, 1.82) is 0 Å². The molecule has 0 aliphatic heterocycles. The van der Waals surface area contributed by atoms with Gasteiger partial charge >= 0.3 is 0 Å². The van der Waals surface area contributed by atoms with Crippen LogP contribution < -0.4 is 10.6 Å². The standard InChI is InChI=1S/C24H39N5O/c1-8-15-29(16-9-2)22(19(4)5)18-27-24(25-10-3)26-17-20-11-13-21(14-12-20)23(30)28(6)7/h8-9,11-14,19,22H,1-2,10,15-18H2,3-7H3,(H2,25,26,27). The van der Waals surface area contributed by atoms with E-state index in [4.69, 9.17) is 4.99 Å². The van der Waals surface area contributed by atoms with Gasteiger partial charge in [-0.1, -0.05) is 38.1 Å². The highest BCUT2D eigenvalue weighted by Crippen LogP contribution is 2.11. The second kappa shape index (κ2) is 13.6. The van der Waals surface area contributed by atoms with E-state index in [9.17, 15) is 4.79 Å². The summed E-state index contributed by atoms with van der Waals surface area (Å²) in [7, 11) is 3.51. The zero-order chi connectivity index (χ0) is 22.5. The van der Waals surface area contributed by atoms with Crippen LogP contribution in [0.5, 0.6) is 0 Å². The molecule has 0 radical (unpaired) electrons. The van der Waals surface area contributed by atoms with Gasteiger partial charge in [0.05, 0.1) is 6.54 Å². The molecule has 1 unspecified atom stereocenters. The fraction of sp³-hybridized carbons (Fsp3) is 0.500. The molecule has 0 spiro atoms. The molecule has 166 valence electrons. The van der Waals surface area contributed by atoms with Crippen molar-refractivity contribution in [3.05, 3.63) is 60.7 Å². The zero-order valence-electron chi connectivity index (χ0n) is 19.3. The van der Waals surface area contributed by atoms with Crippen LogP contribution in [0, 0.1) is 5.92 Å². The Labute approximate surface area is 182 Å². The number of nitrogens with one attached hydrogen (secondary N) is 2. The number of hydrogen-bond donors (Lipinski definition) is 2. The van der Waals surface area contributed by atoms with Gasteiger partial charge in [-0.05, 0) is 30.5 Å². The van der Waals surface area contributed by atoms with E-state index in [-0.39, 0.29) is 5.91 Å². The lowest BCUT2D eigenvalue weighted by molar-refractivity contribution is 0.0827. The molecule has 1 amide bonds. The van der Waals surface area contributed by atoms with Gasteiger partial charge in [0.15, 0.2) is 5.96 Å². The van der Waals surface area contributed by atoms with E-state index in [1.54, 1.807) is 19.0 Å². The van der Waals surface area contributed by atoms with Gasteiger partial charge in [-0.2, -0.15) is 0 Å². The summed E-state index contributed by atoms with van der Waals surface area (Å²) in [5.74, 6) is 1.26. The molecule has 0 aromatic heterocycles. The summed E-state index contributed by atoms with van der Waals surface area (Å²) in [6.45, 7) is 18.0. The predicted octanol–water partition coefficient (Wildman–Crippen LogP) is 3.14. The van der Waals surface area contributed by atoms with E-state index in [1.807, 2.05) is 36.4 Å². The van der Waals surface area contributed by atoms with Gasteiger partial charge in [0.2, 0.25) is 0 Å². The number of aliphatic imine (C=N–C) groups is 1. The molecule has 1 atom stereocenters. The Morgan fingerprint density at radius 3 is 2.17 bits per heavy atom. The Morgan fingerprint density at radius 2 is 1.70 bits per heavy atom. The summed E-state index contributed by atoms with van der Waals surface area (Å²) in [5, 5.41) is 6.80. The second-order valence-corrected chi connectivity index (χ2v) is 7.82. The lowest BCUT2D eigenvalue weighted by Crippen LogP contribution is -2.49. The monoisotopic (exact) mass is 413 g/mol. The van der Waals surface area contributed by atoms with E-state index < -0.39 is 0 Å². The molecule has 6 nitrogen and oxygen atoms in total. The van der Waals surface area contributed by atoms with Crippen LogP contribution in [0.2, 0.25) is 0 Å². The average molecular weight is 414 g/mol. The summed E-state index contributed by atoms with van der Waals surface area (Å²) < 4.78 is 0. The third-order valence-electron chi connectivity index (χ3n) is 4.82. The maximum atomic E-state index is 12.0. The number of guanidine groups is 1. The van der Waals surface area contributed by atoms with Gasteiger partial charge in [-0.15, -0.1) is 13.2 Å². The molecule has 1 aromatic carbocycles. The Morgan fingerprint density at radius 1 is 1.10 bits per heavy atom. The molecule has 6 heteroatoms. The Hall–Kier alpha value is -2.60. The molecule has 2 N–H and O–H groups in total. The predicted molar refractivity (Wildman–Crippen MR) is 128 cm³/mol. The van der Waals surface area contributed by atoms with Crippen LogP contribution in [-0.2, 0) is 6.54 Å². The van der Waals surface area contributed by atoms with Crippen LogP contribution in [0.25, 0.3) is 0 Å². The van der Waals surface area contributed by atoms with Crippen LogP contribution in [0.15, 0.2) is 54.6 Å². The summed E-state index contributed by atoms with van der Waals surface area (Å²) >= 11 is 0.